The molecule has 1 aliphatic rings. The van der Waals surface area contributed by atoms with Crippen LogP contribution in [0.25, 0.3) is 0 Å². The quantitative estimate of drug-likeness (QED) is 0.769. The van der Waals surface area contributed by atoms with Gasteiger partial charge in [-0.25, -0.2) is 0 Å². The van der Waals surface area contributed by atoms with Gasteiger partial charge < -0.3 is 10.2 Å². The molecule has 2 unspecified atom stereocenters. The molecule has 0 amide bonds. The molecule has 0 saturated carbocycles. The van der Waals surface area contributed by atoms with E-state index in [-0.39, 0.29) is 5.92 Å². The van der Waals surface area contributed by atoms with Gasteiger partial charge in [-0.05, 0) is 32.2 Å². The molecule has 0 aromatic carbocycles. The van der Waals surface area contributed by atoms with Crippen molar-refractivity contribution in [3.63, 3.8) is 0 Å². The lowest BCUT2D eigenvalue weighted by atomic mass is 9.76. The Morgan fingerprint density at radius 3 is 2.47 bits per heavy atom. The minimum absolute atomic E-state index is 0.122. The van der Waals surface area contributed by atoms with Gasteiger partial charge in [0.1, 0.15) is 0 Å². The van der Waals surface area contributed by atoms with Gasteiger partial charge in [-0.1, -0.05) is 20.8 Å². The number of hydrogen-bond acceptors (Lipinski definition) is 3. The fourth-order valence-corrected chi connectivity index (χ4v) is 2.54. The summed E-state index contributed by atoms with van der Waals surface area (Å²) < 4.78 is 0. The van der Waals surface area contributed by atoms with Crippen LogP contribution in [-0.2, 0) is 4.79 Å². The van der Waals surface area contributed by atoms with Crippen LogP contribution in [0.3, 0.4) is 0 Å². The molecular weight excluding hydrogens is 218 g/mol. The first-order chi connectivity index (χ1) is 7.73. The standard InChI is InChI=1S/C13H25NO3/c1-5-12(4,17)8-14-7-6-13(9-14,10(2)3)11(15)16/h10,17H,5-9H2,1-4H3,(H,15,16). The van der Waals surface area contributed by atoms with E-state index in [2.05, 4.69) is 4.90 Å². The highest BCUT2D eigenvalue weighted by molar-refractivity contribution is 5.75. The SMILES string of the molecule is CCC(C)(O)CN1CCC(C(=O)O)(C(C)C)C1. The number of nitrogens with zero attached hydrogens (tertiary/aromatic N) is 1. The highest BCUT2D eigenvalue weighted by Gasteiger charge is 2.47. The predicted molar refractivity (Wildman–Crippen MR) is 66.9 cm³/mol. The number of rotatable bonds is 5. The molecule has 1 saturated heterocycles. The maximum absolute atomic E-state index is 11.5. The fourth-order valence-electron chi connectivity index (χ4n) is 2.54. The maximum atomic E-state index is 11.5. The normalized spacial score (nSPS) is 29.5. The van der Waals surface area contributed by atoms with E-state index in [1.807, 2.05) is 27.7 Å². The first kappa shape index (κ1) is 14.5. The monoisotopic (exact) mass is 243 g/mol. The lowest BCUT2D eigenvalue weighted by Gasteiger charge is -2.31. The molecule has 1 fully saturated rings. The van der Waals surface area contributed by atoms with Crippen molar-refractivity contribution in [3.8, 4) is 0 Å². The lowest BCUT2D eigenvalue weighted by molar-refractivity contribution is -0.151. The predicted octanol–water partition coefficient (Wildman–Crippen LogP) is 1.58. The summed E-state index contributed by atoms with van der Waals surface area (Å²) in [7, 11) is 0. The number of aliphatic carboxylic acids is 1. The Labute approximate surface area is 104 Å². The topological polar surface area (TPSA) is 60.8 Å². The summed E-state index contributed by atoms with van der Waals surface area (Å²) in [4.78, 5) is 13.5. The summed E-state index contributed by atoms with van der Waals surface area (Å²) in [6.45, 7) is 9.57. The maximum Gasteiger partial charge on any atom is 0.311 e. The summed E-state index contributed by atoms with van der Waals surface area (Å²) >= 11 is 0. The van der Waals surface area contributed by atoms with E-state index in [0.29, 0.717) is 25.9 Å². The van der Waals surface area contributed by atoms with Crippen LogP contribution in [0, 0.1) is 11.3 Å². The van der Waals surface area contributed by atoms with Gasteiger partial charge in [-0.15, -0.1) is 0 Å². The summed E-state index contributed by atoms with van der Waals surface area (Å²) in [5.74, 6) is -0.581. The summed E-state index contributed by atoms with van der Waals surface area (Å²) in [6.07, 6.45) is 1.37. The molecule has 2 N–H and O–H groups in total. The molecule has 4 nitrogen and oxygen atoms in total. The van der Waals surface area contributed by atoms with E-state index in [0.717, 1.165) is 6.54 Å². The summed E-state index contributed by atoms with van der Waals surface area (Å²) in [5.41, 5.74) is -1.35. The second kappa shape index (κ2) is 4.94. The average molecular weight is 243 g/mol. The van der Waals surface area contributed by atoms with Crippen molar-refractivity contribution in [2.75, 3.05) is 19.6 Å². The van der Waals surface area contributed by atoms with E-state index in [9.17, 15) is 15.0 Å². The van der Waals surface area contributed by atoms with E-state index < -0.39 is 17.0 Å². The molecule has 1 rings (SSSR count). The van der Waals surface area contributed by atoms with Crippen molar-refractivity contribution in [1.82, 2.24) is 4.90 Å². The number of carboxylic acids is 1. The summed E-state index contributed by atoms with van der Waals surface area (Å²) in [6, 6.07) is 0. The van der Waals surface area contributed by atoms with Crippen molar-refractivity contribution >= 4 is 5.97 Å². The minimum Gasteiger partial charge on any atom is -0.481 e. The third kappa shape index (κ3) is 2.99. The zero-order chi connectivity index (χ0) is 13.3. The molecule has 1 aliphatic heterocycles. The number of β-amino-alcohol motifs (C(OH)–C–C–N with tert-alkyl or cyclic N) is 1. The first-order valence-corrected chi connectivity index (χ1v) is 6.41. The van der Waals surface area contributed by atoms with E-state index >= 15 is 0 Å². The van der Waals surface area contributed by atoms with Gasteiger partial charge in [0, 0.05) is 13.1 Å². The van der Waals surface area contributed by atoms with Gasteiger partial charge in [0.15, 0.2) is 0 Å². The first-order valence-electron chi connectivity index (χ1n) is 6.41. The highest BCUT2D eigenvalue weighted by Crippen LogP contribution is 2.38. The van der Waals surface area contributed by atoms with Crippen LogP contribution in [0.1, 0.15) is 40.5 Å². The molecule has 0 radical (unpaired) electrons. The zero-order valence-electron chi connectivity index (χ0n) is 11.4. The van der Waals surface area contributed by atoms with E-state index in [1.165, 1.54) is 0 Å². The third-order valence-electron chi connectivity index (χ3n) is 4.24. The number of carboxylic acid groups (broad SMARTS) is 1. The molecule has 0 aromatic rings. The molecule has 0 aliphatic carbocycles. The minimum atomic E-state index is -0.717. The molecule has 1 heterocycles. The number of likely N-dealkylation sites (tertiary alicyclic amines) is 1. The van der Waals surface area contributed by atoms with Crippen molar-refractivity contribution in [3.05, 3.63) is 0 Å². The Morgan fingerprint density at radius 1 is 1.53 bits per heavy atom. The molecule has 0 spiro atoms. The van der Waals surface area contributed by atoms with E-state index in [4.69, 9.17) is 0 Å². The molecule has 100 valence electrons. The zero-order valence-corrected chi connectivity index (χ0v) is 11.4. The van der Waals surface area contributed by atoms with Crippen LogP contribution in [0.4, 0.5) is 0 Å². The smallest absolute Gasteiger partial charge is 0.311 e. The Hall–Kier alpha value is -0.610. The van der Waals surface area contributed by atoms with Crippen molar-refractivity contribution in [2.24, 2.45) is 11.3 Å². The van der Waals surface area contributed by atoms with Gasteiger partial charge in [0.2, 0.25) is 0 Å². The number of hydrogen-bond donors (Lipinski definition) is 2. The van der Waals surface area contributed by atoms with Gasteiger partial charge in [-0.3, -0.25) is 9.69 Å². The van der Waals surface area contributed by atoms with Crippen molar-refractivity contribution in [2.45, 2.75) is 46.1 Å². The number of carbonyl (C=O) groups is 1. The third-order valence-corrected chi connectivity index (χ3v) is 4.24. The second-order valence-electron chi connectivity index (χ2n) is 5.93. The van der Waals surface area contributed by atoms with Gasteiger partial charge in [-0.2, -0.15) is 0 Å². The molecule has 2 atom stereocenters. The van der Waals surface area contributed by atoms with Crippen molar-refractivity contribution < 1.29 is 15.0 Å². The van der Waals surface area contributed by atoms with Gasteiger partial charge >= 0.3 is 5.97 Å². The largest absolute Gasteiger partial charge is 0.481 e. The lowest BCUT2D eigenvalue weighted by Crippen LogP contribution is -2.43. The van der Waals surface area contributed by atoms with Crippen LogP contribution >= 0.6 is 0 Å². The Kier molecular flexibility index (Phi) is 4.20. The van der Waals surface area contributed by atoms with Crippen LogP contribution in [0.5, 0.6) is 0 Å². The van der Waals surface area contributed by atoms with Crippen LogP contribution in [-0.4, -0.2) is 46.3 Å². The van der Waals surface area contributed by atoms with Crippen LogP contribution in [0.15, 0.2) is 0 Å². The van der Waals surface area contributed by atoms with Crippen molar-refractivity contribution in [1.29, 1.82) is 0 Å². The Bertz CT molecular complexity index is 288. The fraction of sp³-hybridized carbons (Fsp3) is 0.923. The van der Waals surface area contributed by atoms with Crippen LogP contribution < -0.4 is 0 Å². The highest BCUT2D eigenvalue weighted by atomic mass is 16.4. The molecule has 0 bridgehead atoms. The van der Waals surface area contributed by atoms with Gasteiger partial charge in [0.05, 0.1) is 11.0 Å². The molecule has 4 heteroatoms. The van der Waals surface area contributed by atoms with Crippen LogP contribution in [0.2, 0.25) is 0 Å². The van der Waals surface area contributed by atoms with Gasteiger partial charge in [0.25, 0.3) is 0 Å². The number of aliphatic hydroxyl groups is 1. The Morgan fingerprint density at radius 2 is 2.12 bits per heavy atom. The Balaban J connectivity index is 2.71. The molecule has 17 heavy (non-hydrogen) atoms. The van der Waals surface area contributed by atoms with E-state index in [1.54, 1.807) is 0 Å². The molecule has 0 aromatic heterocycles. The summed E-state index contributed by atoms with van der Waals surface area (Å²) in [5, 5.41) is 19.5. The average Bonchev–Trinajstić information content (AvgIpc) is 2.62. The molecular formula is C13H25NO3. The second-order valence-corrected chi connectivity index (χ2v) is 5.93.